The Kier molecular flexibility index (Phi) is 4.87. The highest BCUT2D eigenvalue weighted by Crippen LogP contribution is 2.35. The van der Waals surface area contributed by atoms with Gasteiger partial charge in [0.15, 0.2) is 5.78 Å². The van der Waals surface area contributed by atoms with Crippen LogP contribution in [-0.2, 0) is 16.0 Å². The van der Waals surface area contributed by atoms with Gasteiger partial charge in [-0.2, -0.15) is 0 Å². The normalized spacial score (nSPS) is 16.0. The van der Waals surface area contributed by atoms with Crippen LogP contribution in [0.4, 0.5) is 11.4 Å². The van der Waals surface area contributed by atoms with E-state index >= 15 is 0 Å². The number of anilines is 2. The molecule has 1 aliphatic heterocycles. The summed E-state index contributed by atoms with van der Waals surface area (Å²) >= 11 is 0. The molecular weight excluding hydrogens is 340 g/mol. The van der Waals surface area contributed by atoms with Gasteiger partial charge in [-0.05, 0) is 70.0 Å². The number of benzene rings is 2. The summed E-state index contributed by atoms with van der Waals surface area (Å²) in [7, 11) is 0. The maximum atomic E-state index is 13.2. The molecule has 0 saturated heterocycles. The number of carbonyl (C=O) groups excluding carboxylic acids is 3. The van der Waals surface area contributed by atoms with Crippen molar-refractivity contribution in [2.24, 2.45) is 5.41 Å². The van der Waals surface area contributed by atoms with Crippen molar-refractivity contribution in [2.75, 3.05) is 10.2 Å². The van der Waals surface area contributed by atoms with Crippen molar-refractivity contribution in [2.45, 2.75) is 40.2 Å². The average molecular weight is 364 g/mol. The number of nitrogens with zero attached hydrogens (tertiary/aromatic N) is 1. The number of ketones is 1. The smallest absolute Gasteiger partial charge is 0.242 e. The lowest BCUT2D eigenvalue weighted by Crippen LogP contribution is -2.49. The van der Waals surface area contributed by atoms with E-state index in [2.05, 4.69) is 5.32 Å². The van der Waals surface area contributed by atoms with Gasteiger partial charge in [0.1, 0.15) is 5.41 Å². The van der Waals surface area contributed by atoms with Crippen LogP contribution in [0.1, 0.15) is 43.6 Å². The van der Waals surface area contributed by atoms with Crippen LogP contribution in [0.15, 0.2) is 48.5 Å². The molecule has 1 unspecified atom stereocenters. The zero-order valence-corrected chi connectivity index (χ0v) is 16.1. The number of hydrogen-bond donors (Lipinski definition) is 1. The summed E-state index contributed by atoms with van der Waals surface area (Å²) in [4.78, 5) is 39.2. The molecule has 2 aromatic carbocycles. The molecule has 0 bridgehead atoms. The molecular formula is C22H24N2O3. The fourth-order valence-corrected chi connectivity index (χ4v) is 3.35. The number of Topliss-reactive ketones (excluding diaryl/α,β-unsaturated/α-hetero) is 1. The molecule has 0 aromatic heterocycles. The van der Waals surface area contributed by atoms with Crippen LogP contribution >= 0.6 is 0 Å². The number of hydrogen-bond acceptors (Lipinski definition) is 3. The number of carbonyl (C=O) groups is 3. The van der Waals surface area contributed by atoms with Gasteiger partial charge in [0, 0.05) is 23.0 Å². The second-order valence-corrected chi connectivity index (χ2v) is 7.57. The molecule has 1 aliphatic rings. The molecule has 27 heavy (non-hydrogen) atoms. The lowest BCUT2D eigenvalue weighted by atomic mass is 9.89. The summed E-state index contributed by atoms with van der Waals surface area (Å²) in [5, 5.41) is 2.79. The van der Waals surface area contributed by atoms with Crippen LogP contribution in [0, 0.1) is 5.41 Å². The van der Waals surface area contributed by atoms with E-state index in [1.54, 1.807) is 43.0 Å². The molecule has 2 amide bonds. The Balaban J connectivity index is 1.79. The molecule has 3 rings (SSSR count). The van der Waals surface area contributed by atoms with Gasteiger partial charge in [-0.25, -0.2) is 0 Å². The molecule has 0 spiro atoms. The monoisotopic (exact) mass is 364 g/mol. The Morgan fingerprint density at radius 3 is 2.30 bits per heavy atom. The summed E-state index contributed by atoms with van der Waals surface area (Å²) in [6, 6.07) is 14.5. The number of para-hydroxylation sites is 1. The Hall–Kier alpha value is -2.95. The molecule has 5 nitrogen and oxygen atoms in total. The standard InChI is InChI=1S/C22H24N2O3/c1-14-13-17-7-5-6-8-19(17)24(14)21(27)22(3,4)20(26)23-18-11-9-16(10-12-18)15(2)25/h5-12,14H,13H2,1-4H3,(H,23,26). The Labute approximate surface area is 159 Å². The molecule has 0 aliphatic carbocycles. The third-order valence-electron chi connectivity index (χ3n) is 5.08. The maximum Gasteiger partial charge on any atom is 0.242 e. The minimum Gasteiger partial charge on any atom is -0.325 e. The first-order chi connectivity index (χ1) is 12.7. The van der Waals surface area contributed by atoms with Crippen molar-refractivity contribution in [1.82, 2.24) is 0 Å². The van der Waals surface area contributed by atoms with Crippen molar-refractivity contribution >= 4 is 29.0 Å². The van der Waals surface area contributed by atoms with Gasteiger partial charge >= 0.3 is 0 Å². The number of nitrogens with one attached hydrogen (secondary N) is 1. The van der Waals surface area contributed by atoms with Crippen LogP contribution in [0.2, 0.25) is 0 Å². The van der Waals surface area contributed by atoms with E-state index in [0.717, 1.165) is 17.7 Å². The summed E-state index contributed by atoms with van der Waals surface area (Å²) < 4.78 is 0. The van der Waals surface area contributed by atoms with Gasteiger partial charge in [0.05, 0.1) is 0 Å². The molecule has 0 radical (unpaired) electrons. The van der Waals surface area contributed by atoms with Crippen molar-refractivity contribution in [3.8, 4) is 0 Å². The number of rotatable bonds is 4. The van der Waals surface area contributed by atoms with Gasteiger partial charge in [-0.1, -0.05) is 18.2 Å². The van der Waals surface area contributed by atoms with Crippen molar-refractivity contribution in [1.29, 1.82) is 0 Å². The minimum atomic E-state index is -1.23. The zero-order valence-electron chi connectivity index (χ0n) is 16.1. The SMILES string of the molecule is CC(=O)c1ccc(NC(=O)C(C)(C)C(=O)N2c3ccccc3CC2C)cc1. The largest absolute Gasteiger partial charge is 0.325 e. The van der Waals surface area contributed by atoms with Crippen molar-refractivity contribution < 1.29 is 14.4 Å². The molecule has 2 aromatic rings. The molecule has 0 fully saturated rings. The number of amides is 2. The van der Waals surface area contributed by atoms with E-state index in [9.17, 15) is 14.4 Å². The predicted molar refractivity (Wildman–Crippen MR) is 106 cm³/mol. The fraction of sp³-hybridized carbons (Fsp3) is 0.318. The molecule has 1 atom stereocenters. The van der Waals surface area contributed by atoms with Crippen molar-refractivity contribution in [3.63, 3.8) is 0 Å². The summed E-state index contributed by atoms with van der Waals surface area (Å²) in [6.45, 7) is 6.77. The van der Waals surface area contributed by atoms with Crippen LogP contribution in [0.25, 0.3) is 0 Å². The van der Waals surface area contributed by atoms with Crippen LogP contribution in [0.5, 0.6) is 0 Å². The highest BCUT2D eigenvalue weighted by Gasteiger charge is 2.43. The molecule has 0 saturated carbocycles. The van der Waals surface area contributed by atoms with Crippen LogP contribution < -0.4 is 10.2 Å². The van der Waals surface area contributed by atoms with Gasteiger partial charge in [0.25, 0.3) is 0 Å². The molecule has 140 valence electrons. The van der Waals surface area contributed by atoms with E-state index < -0.39 is 5.41 Å². The zero-order chi connectivity index (χ0) is 19.8. The fourth-order valence-electron chi connectivity index (χ4n) is 3.35. The summed E-state index contributed by atoms with van der Waals surface area (Å²) in [5.74, 6) is -0.637. The Morgan fingerprint density at radius 1 is 1.04 bits per heavy atom. The minimum absolute atomic E-state index is 0.0109. The third-order valence-corrected chi connectivity index (χ3v) is 5.08. The highest BCUT2D eigenvalue weighted by atomic mass is 16.2. The maximum absolute atomic E-state index is 13.2. The van der Waals surface area contributed by atoms with Crippen LogP contribution in [-0.4, -0.2) is 23.6 Å². The van der Waals surface area contributed by atoms with E-state index in [1.165, 1.54) is 6.92 Å². The third kappa shape index (κ3) is 3.50. The van der Waals surface area contributed by atoms with Gasteiger partial charge in [-0.15, -0.1) is 0 Å². The Bertz CT molecular complexity index is 900. The van der Waals surface area contributed by atoms with E-state index in [0.29, 0.717) is 11.3 Å². The molecule has 1 heterocycles. The molecule has 1 N–H and O–H groups in total. The average Bonchev–Trinajstić information content (AvgIpc) is 2.97. The molecule has 5 heteroatoms. The lowest BCUT2D eigenvalue weighted by molar-refractivity contribution is -0.136. The van der Waals surface area contributed by atoms with Crippen LogP contribution in [0.3, 0.4) is 0 Å². The second kappa shape index (κ2) is 6.99. The Morgan fingerprint density at radius 2 is 1.67 bits per heavy atom. The number of fused-ring (bicyclic) bond motifs is 1. The van der Waals surface area contributed by atoms with Crippen molar-refractivity contribution in [3.05, 3.63) is 59.7 Å². The lowest BCUT2D eigenvalue weighted by Gasteiger charge is -2.31. The highest BCUT2D eigenvalue weighted by molar-refractivity contribution is 6.15. The summed E-state index contributed by atoms with van der Waals surface area (Å²) in [5.41, 5.74) is 1.90. The first-order valence-corrected chi connectivity index (χ1v) is 9.06. The quantitative estimate of drug-likeness (QED) is 0.662. The first kappa shape index (κ1) is 18.8. The van der Waals surface area contributed by atoms with Gasteiger partial charge in [-0.3, -0.25) is 14.4 Å². The van der Waals surface area contributed by atoms with Gasteiger partial charge in [0.2, 0.25) is 11.8 Å². The topological polar surface area (TPSA) is 66.5 Å². The van der Waals surface area contributed by atoms with Gasteiger partial charge < -0.3 is 10.2 Å². The first-order valence-electron chi connectivity index (χ1n) is 9.06. The van der Waals surface area contributed by atoms with E-state index in [4.69, 9.17) is 0 Å². The van der Waals surface area contributed by atoms with E-state index in [-0.39, 0.29) is 23.6 Å². The second-order valence-electron chi connectivity index (χ2n) is 7.57. The van der Waals surface area contributed by atoms with E-state index in [1.807, 2.05) is 31.2 Å². The predicted octanol–water partition coefficient (Wildman–Crippen LogP) is 3.83. The summed E-state index contributed by atoms with van der Waals surface area (Å²) in [6.07, 6.45) is 0.784.